The molecule has 0 unspecified atom stereocenters. The third-order valence-electron chi connectivity index (χ3n) is 3.45. The number of nitrogens with zero attached hydrogens (tertiary/aromatic N) is 1. The van der Waals surface area contributed by atoms with Crippen molar-refractivity contribution in [2.24, 2.45) is 0 Å². The zero-order chi connectivity index (χ0) is 16.5. The van der Waals surface area contributed by atoms with Crippen LogP contribution in [0.2, 0.25) is 5.15 Å². The van der Waals surface area contributed by atoms with Crippen LogP contribution in [0, 0.1) is 0 Å². The predicted octanol–water partition coefficient (Wildman–Crippen LogP) is 1.22. The Balaban J connectivity index is 0.00000288. The number of rotatable bonds is 9. The van der Waals surface area contributed by atoms with Gasteiger partial charge in [-0.2, -0.15) is 0 Å². The van der Waals surface area contributed by atoms with Crippen LogP contribution in [0.5, 0.6) is 11.5 Å². The summed E-state index contributed by atoms with van der Waals surface area (Å²) >= 11 is 5.78. The van der Waals surface area contributed by atoms with Gasteiger partial charge in [-0.05, 0) is 36.7 Å². The van der Waals surface area contributed by atoms with Crippen LogP contribution >= 0.6 is 11.6 Å². The van der Waals surface area contributed by atoms with Crippen molar-refractivity contribution in [1.82, 2.24) is 10.3 Å². The van der Waals surface area contributed by atoms with Gasteiger partial charge in [0.25, 0.3) is 0 Å². The predicted molar refractivity (Wildman–Crippen MR) is 93.2 cm³/mol. The van der Waals surface area contributed by atoms with Gasteiger partial charge in [0.1, 0.15) is 11.8 Å². The van der Waals surface area contributed by atoms with E-state index in [1.54, 1.807) is 19.4 Å². The molecule has 0 aliphatic heterocycles. The number of ether oxygens (including phenoxy) is 2. The maximum Gasteiger partial charge on any atom is 0.161 e. The van der Waals surface area contributed by atoms with Crippen LogP contribution < -0.4 is 27.2 Å². The van der Waals surface area contributed by atoms with Gasteiger partial charge in [0, 0.05) is 18.3 Å². The summed E-state index contributed by atoms with van der Waals surface area (Å²) in [6.45, 7) is 4.47. The Hall–Kier alpha value is -1.49. The molecule has 24 heavy (non-hydrogen) atoms. The first-order valence-corrected chi connectivity index (χ1v) is 8.21. The molecule has 0 saturated heterocycles. The molecule has 0 atom stereocenters. The first-order valence-electron chi connectivity index (χ1n) is 7.83. The van der Waals surface area contributed by atoms with Crippen molar-refractivity contribution in [3.8, 4) is 11.5 Å². The maximum absolute atomic E-state index is 5.82. The van der Waals surface area contributed by atoms with Crippen LogP contribution in [0.15, 0.2) is 36.5 Å². The molecule has 4 nitrogen and oxygen atoms in total. The number of hydrogen-bond donors (Lipinski definition) is 1. The fraction of sp³-hybridized carbons (Fsp3) is 0.389. The lowest BCUT2D eigenvalue weighted by Crippen LogP contribution is -3.00. The Kier molecular flexibility index (Phi) is 9.53. The minimum Gasteiger partial charge on any atom is -1.00 e. The first-order chi connectivity index (χ1) is 11.2. The number of nitrogens with one attached hydrogen (secondary N) is 1. The van der Waals surface area contributed by atoms with Gasteiger partial charge in [-0.3, -0.25) is 0 Å². The second kappa shape index (κ2) is 11.1. The Labute approximate surface area is 154 Å². The van der Waals surface area contributed by atoms with Gasteiger partial charge in [0.2, 0.25) is 0 Å². The zero-order valence-corrected chi connectivity index (χ0v) is 15.5. The van der Waals surface area contributed by atoms with Crippen molar-refractivity contribution in [3.63, 3.8) is 0 Å². The van der Waals surface area contributed by atoms with E-state index in [4.69, 9.17) is 21.1 Å². The van der Waals surface area contributed by atoms with E-state index in [2.05, 4.69) is 23.3 Å². The Morgan fingerprint density at radius 3 is 2.58 bits per heavy atom. The van der Waals surface area contributed by atoms with Crippen LogP contribution in [0.25, 0.3) is 0 Å². The maximum atomic E-state index is 5.82. The smallest absolute Gasteiger partial charge is 0.161 e. The van der Waals surface area contributed by atoms with E-state index in [1.807, 2.05) is 18.2 Å². The molecule has 1 heterocycles. The van der Waals surface area contributed by atoms with Crippen molar-refractivity contribution in [2.75, 3.05) is 13.7 Å². The molecule has 1 aromatic carbocycles. The molecule has 2 aromatic rings. The molecular weight excluding hydrogens is 347 g/mol. The molecule has 6 heteroatoms. The lowest BCUT2D eigenvalue weighted by atomic mass is 10.2. The van der Waals surface area contributed by atoms with Gasteiger partial charge < -0.3 is 27.2 Å². The van der Waals surface area contributed by atoms with Crippen LogP contribution in [-0.4, -0.2) is 18.6 Å². The molecule has 0 spiro atoms. The third-order valence-corrected chi connectivity index (χ3v) is 3.67. The highest BCUT2D eigenvalue weighted by Gasteiger charge is 2.06. The number of aromatic nitrogens is 1. The van der Waals surface area contributed by atoms with Gasteiger partial charge in [-0.15, -0.1) is 0 Å². The largest absolute Gasteiger partial charge is 1.00 e. The number of hydrogen-bond acceptors (Lipinski definition) is 4. The van der Waals surface area contributed by atoms with E-state index in [1.165, 1.54) is 18.4 Å². The number of unbranched alkanes of at least 4 members (excludes halogenated alkanes) is 1. The molecule has 2 rings (SSSR count). The van der Waals surface area contributed by atoms with E-state index < -0.39 is 0 Å². The summed E-state index contributed by atoms with van der Waals surface area (Å²) in [4.78, 5) is 4.04. The summed E-state index contributed by atoms with van der Waals surface area (Å²) in [5.41, 5.74) is 2.14. The minimum atomic E-state index is 0. The van der Waals surface area contributed by atoms with Crippen LogP contribution in [0.3, 0.4) is 0 Å². The lowest BCUT2D eigenvalue weighted by molar-refractivity contribution is -0.00000537. The van der Waals surface area contributed by atoms with Gasteiger partial charge in [0.15, 0.2) is 11.5 Å². The van der Waals surface area contributed by atoms with Crippen molar-refractivity contribution < 1.29 is 21.9 Å². The summed E-state index contributed by atoms with van der Waals surface area (Å²) in [6, 6.07) is 9.65. The Bertz CT molecular complexity index is 606. The van der Waals surface area contributed by atoms with Gasteiger partial charge in [0.05, 0.1) is 7.11 Å². The topological polar surface area (TPSA) is 43.4 Å². The number of pyridine rings is 1. The highest BCUT2D eigenvalue weighted by atomic mass is 35.5. The van der Waals surface area contributed by atoms with Gasteiger partial charge in [-0.25, -0.2) is 4.98 Å². The third kappa shape index (κ3) is 6.56. The molecule has 0 bridgehead atoms. The highest BCUT2D eigenvalue weighted by Crippen LogP contribution is 2.28. The van der Waals surface area contributed by atoms with Crippen molar-refractivity contribution in [3.05, 3.63) is 52.8 Å². The Morgan fingerprint density at radius 2 is 1.92 bits per heavy atom. The molecule has 0 fully saturated rings. The molecule has 0 aliphatic carbocycles. The van der Waals surface area contributed by atoms with E-state index in [0.29, 0.717) is 11.8 Å². The molecule has 1 aromatic heterocycles. The van der Waals surface area contributed by atoms with Crippen molar-refractivity contribution >= 4 is 11.6 Å². The SMILES string of the molecule is CCCCNCc1ccc(OCc2ccc(Cl)nc2)c(OC)c1.[Cl-]. The fourth-order valence-electron chi connectivity index (χ4n) is 2.13. The van der Waals surface area contributed by atoms with E-state index in [0.717, 1.165) is 30.2 Å². The quantitative estimate of drug-likeness (QED) is 0.533. The summed E-state index contributed by atoms with van der Waals surface area (Å²) in [7, 11) is 1.65. The van der Waals surface area contributed by atoms with E-state index >= 15 is 0 Å². The number of benzene rings is 1. The van der Waals surface area contributed by atoms with Crippen molar-refractivity contribution in [2.45, 2.75) is 32.9 Å². The molecule has 0 amide bonds. The monoisotopic (exact) mass is 369 g/mol. The van der Waals surface area contributed by atoms with Gasteiger partial charge in [-0.1, -0.05) is 37.1 Å². The minimum absolute atomic E-state index is 0. The fourth-order valence-corrected chi connectivity index (χ4v) is 2.24. The number of methoxy groups -OCH3 is 1. The lowest BCUT2D eigenvalue weighted by Gasteiger charge is -2.12. The summed E-state index contributed by atoms with van der Waals surface area (Å²) in [5.74, 6) is 1.46. The Morgan fingerprint density at radius 1 is 1.12 bits per heavy atom. The van der Waals surface area contributed by atoms with Crippen molar-refractivity contribution in [1.29, 1.82) is 0 Å². The zero-order valence-electron chi connectivity index (χ0n) is 14.0. The summed E-state index contributed by atoms with van der Waals surface area (Å²) in [5, 5.41) is 3.90. The van der Waals surface area contributed by atoms with Crippen LogP contribution in [0.4, 0.5) is 0 Å². The first kappa shape index (κ1) is 20.6. The normalized spacial score (nSPS) is 10.1. The molecule has 132 valence electrons. The molecule has 0 radical (unpaired) electrons. The standard InChI is InChI=1S/C18H23ClN2O2.ClH/c1-3-4-9-20-11-14-5-7-16(17(10-14)22-2)23-13-15-6-8-18(19)21-12-15;/h5-8,10,12,20H,3-4,9,11,13H2,1-2H3;1H/p-1. The average Bonchev–Trinajstić information content (AvgIpc) is 2.58. The average molecular weight is 370 g/mol. The second-order valence-corrected chi connectivity index (χ2v) is 5.68. The second-order valence-electron chi connectivity index (χ2n) is 5.29. The molecule has 1 N–H and O–H groups in total. The summed E-state index contributed by atoms with van der Waals surface area (Å²) < 4.78 is 11.3. The van der Waals surface area contributed by atoms with Gasteiger partial charge >= 0.3 is 0 Å². The molecular formula is C18H23Cl2N2O2-. The highest BCUT2D eigenvalue weighted by molar-refractivity contribution is 6.29. The van der Waals surface area contributed by atoms with Crippen LogP contribution in [-0.2, 0) is 13.2 Å². The summed E-state index contributed by atoms with van der Waals surface area (Å²) in [6.07, 6.45) is 4.09. The van der Waals surface area contributed by atoms with E-state index in [-0.39, 0.29) is 12.4 Å². The van der Waals surface area contributed by atoms with Crippen LogP contribution in [0.1, 0.15) is 30.9 Å². The molecule has 0 aliphatic rings. The number of halogens is 2. The van der Waals surface area contributed by atoms with E-state index in [9.17, 15) is 0 Å². The molecule has 0 saturated carbocycles.